The fraction of sp³-hybridized carbons (Fsp3) is 0.438. The molecule has 2 aromatic rings. The summed E-state index contributed by atoms with van der Waals surface area (Å²) in [6, 6.07) is 4.75. The van der Waals surface area contributed by atoms with Gasteiger partial charge in [-0.05, 0) is 38.9 Å². The minimum atomic E-state index is -0.789. The first kappa shape index (κ1) is 15.6. The molecule has 0 aliphatic heterocycles. The first-order chi connectivity index (χ1) is 9.99. The summed E-state index contributed by atoms with van der Waals surface area (Å²) < 4.78 is 30.0. The first-order valence-electron chi connectivity index (χ1n) is 7.21. The Morgan fingerprint density at radius 1 is 1.19 bits per heavy atom. The van der Waals surface area contributed by atoms with Crippen molar-refractivity contribution < 1.29 is 8.78 Å². The molecule has 0 saturated heterocycles. The van der Waals surface area contributed by atoms with Crippen LogP contribution in [0, 0.1) is 25.5 Å². The lowest BCUT2D eigenvalue weighted by Crippen LogP contribution is -2.26. The molecule has 0 radical (unpaired) electrons. The molecule has 1 atom stereocenters. The SMILES string of the molecule is CCNC(c1ccc(C)c(F)c1F)c1cc(C)nn1CC. The second kappa shape index (κ2) is 6.35. The number of aryl methyl sites for hydroxylation is 3. The molecule has 5 heteroatoms. The molecule has 1 aromatic carbocycles. The average Bonchev–Trinajstić information content (AvgIpc) is 2.84. The van der Waals surface area contributed by atoms with Gasteiger partial charge in [-0.15, -0.1) is 0 Å². The lowest BCUT2D eigenvalue weighted by Gasteiger charge is -2.20. The molecule has 0 bridgehead atoms. The molecule has 114 valence electrons. The largest absolute Gasteiger partial charge is 0.305 e. The molecule has 0 saturated carbocycles. The second-order valence-corrected chi connectivity index (χ2v) is 5.12. The summed E-state index contributed by atoms with van der Waals surface area (Å²) in [5.41, 5.74) is 2.34. The lowest BCUT2D eigenvalue weighted by molar-refractivity contribution is 0.468. The van der Waals surface area contributed by atoms with E-state index in [1.165, 1.54) is 0 Å². The molecule has 21 heavy (non-hydrogen) atoms. The van der Waals surface area contributed by atoms with E-state index >= 15 is 0 Å². The van der Waals surface area contributed by atoms with Gasteiger partial charge >= 0.3 is 0 Å². The van der Waals surface area contributed by atoms with E-state index in [9.17, 15) is 8.78 Å². The predicted octanol–water partition coefficient (Wildman–Crippen LogP) is 3.50. The number of hydrogen-bond acceptors (Lipinski definition) is 2. The molecule has 1 unspecified atom stereocenters. The van der Waals surface area contributed by atoms with Crippen molar-refractivity contribution in [2.24, 2.45) is 0 Å². The molecule has 3 nitrogen and oxygen atoms in total. The Hall–Kier alpha value is -1.75. The van der Waals surface area contributed by atoms with Gasteiger partial charge < -0.3 is 5.32 Å². The zero-order valence-corrected chi connectivity index (χ0v) is 12.9. The van der Waals surface area contributed by atoms with Crippen LogP contribution in [0.25, 0.3) is 0 Å². The molecule has 0 fully saturated rings. The van der Waals surface area contributed by atoms with Crippen molar-refractivity contribution in [2.45, 2.75) is 40.3 Å². The molecule has 1 N–H and O–H groups in total. The van der Waals surface area contributed by atoms with Gasteiger partial charge in [-0.3, -0.25) is 4.68 Å². The van der Waals surface area contributed by atoms with Crippen LogP contribution in [0.4, 0.5) is 8.78 Å². The van der Waals surface area contributed by atoms with Gasteiger partial charge in [0, 0.05) is 12.1 Å². The first-order valence-corrected chi connectivity index (χ1v) is 7.21. The quantitative estimate of drug-likeness (QED) is 0.914. The van der Waals surface area contributed by atoms with Gasteiger partial charge in [0.25, 0.3) is 0 Å². The maximum absolute atomic E-state index is 14.3. The average molecular weight is 293 g/mol. The standard InChI is InChI=1S/C16H21F2N3/c1-5-19-16(13-9-11(4)20-21(13)6-2)12-8-7-10(3)14(17)15(12)18/h7-9,16,19H,5-6H2,1-4H3. The maximum atomic E-state index is 14.3. The summed E-state index contributed by atoms with van der Waals surface area (Å²) in [6.45, 7) is 8.70. The highest BCUT2D eigenvalue weighted by atomic mass is 19.2. The number of aromatic nitrogens is 2. The summed E-state index contributed by atoms with van der Waals surface area (Å²) in [7, 11) is 0. The van der Waals surface area contributed by atoms with Crippen molar-refractivity contribution >= 4 is 0 Å². The predicted molar refractivity (Wildman–Crippen MR) is 79.3 cm³/mol. The molecular formula is C16H21F2N3. The third-order valence-corrected chi connectivity index (χ3v) is 3.55. The van der Waals surface area contributed by atoms with E-state index in [1.54, 1.807) is 19.1 Å². The molecule has 0 amide bonds. The molecule has 0 aliphatic carbocycles. The Labute approximate surface area is 124 Å². The molecule has 0 spiro atoms. The number of nitrogens with zero attached hydrogens (tertiary/aromatic N) is 2. The third kappa shape index (κ3) is 2.97. The zero-order valence-electron chi connectivity index (χ0n) is 12.9. The Kier molecular flexibility index (Phi) is 4.73. The Balaban J connectivity index is 2.56. The maximum Gasteiger partial charge on any atom is 0.164 e. The highest BCUT2D eigenvalue weighted by Gasteiger charge is 2.23. The van der Waals surface area contributed by atoms with E-state index in [0.717, 1.165) is 11.4 Å². The fourth-order valence-corrected chi connectivity index (χ4v) is 2.51. The zero-order chi connectivity index (χ0) is 15.6. The van der Waals surface area contributed by atoms with E-state index in [4.69, 9.17) is 0 Å². The van der Waals surface area contributed by atoms with E-state index in [0.29, 0.717) is 24.2 Å². The van der Waals surface area contributed by atoms with E-state index < -0.39 is 17.7 Å². The summed E-state index contributed by atoms with van der Waals surface area (Å²) >= 11 is 0. The number of hydrogen-bond donors (Lipinski definition) is 1. The van der Waals surface area contributed by atoms with Crippen LogP contribution in [0.3, 0.4) is 0 Å². The van der Waals surface area contributed by atoms with Crippen LogP contribution in [0.5, 0.6) is 0 Å². The van der Waals surface area contributed by atoms with Gasteiger partial charge in [-0.2, -0.15) is 5.10 Å². The van der Waals surface area contributed by atoms with Crippen molar-refractivity contribution in [1.82, 2.24) is 15.1 Å². The molecule has 1 heterocycles. The monoisotopic (exact) mass is 293 g/mol. The summed E-state index contributed by atoms with van der Waals surface area (Å²) in [5.74, 6) is -1.57. The van der Waals surface area contributed by atoms with E-state index in [2.05, 4.69) is 10.4 Å². The smallest absolute Gasteiger partial charge is 0.164 e. The normalized spacial score (nSPS) is 12.7. The van der Waals surface area contributed by atoms with Gasteiger partial charge in [0.15, 0.2) is 11.6 Å². The van der Waals surface area contributed by atoms with Gasteiger partial charge in [-0.25, -0.2) is 8.78 Å². The topological polar surface area (TPSA) is 29.9 Å². The summed E-state index contributed by atoms with van der Waals surface area (Å²) in [4.78, 5) is 0. The fourth-order valence-electron chi connectivity index (χ4n) is 2.51. The van der Waals surface area contributed by atoms with Crippen molar-refractivity contribution in [3.8, 4) is 0 Å². The van der Waals surface area contributed by atoms with Crippen LogP contribution >= 0.6 is 0 Å². The highest BCUT2D eigenvalue weighted by Crippen LogP contribution is 2.27. The van der Waals surface area contributed by atoms with Crippen LogP contribution in [-0.4, -0.2) is 16.3 Å². The number of halogens is 2. The van der Waals surface area contributed by atoms with Crippen molar-refractivity contribution in [3.63, 3.8) is 0 Å². The minimum Gasteiger partial charge on any atom is -0.305 e. The van der Waals surface area contributed by atoms with Crippen LogP contribution in [0.15, 0.2) is 18.2 Å². The molecule has 0 aliphatic rings. The second-order valence-electron chi connectivity index (χ2n) is 5.12. The van der Waals surface area contributed by atoms with Crippen LogP contribution < -0.4 is 5.32 Å². The lowest BCUT2D eigenvalue weighted by atomic mass is 10.0. The van der Waals surface area contributed by atoms with Crippen molar-refractivity contribution in [2.75, 3.05) is 6.54 Å². The van der Waals surface area contributed by atoms with Crippen molar-refractivity contribution in [1.29, 1.82) is 0 Å². The van der Waals surface area contributed by atoms with Gasteiger partial charge in [0.1, 0.15) is 0 Å². The third-order valence-electron chi connectivity index (χ3n) is 3.55. The van der Waals surface area contributed by atoms with E-state index in [-0.39, 0.29) is 0 Å². The van der Waals surface area contributed by atoms with Crippen LogP contribution in [0.1, 0.15) is 42.4 Å². The van der Waals surface area contributed by atoms with Gasteiger partial charge in [0.05, 0.1) is 17.4 Å². The van der Waals surface area contributed by atoms with E-state index in [1.807, 2.05) is 31.5 Å². The van der Waals surface area contributed by atoms with Gasteiger partial charge in [-0.1, -0.05) is 19.1 Å². The molecule has 1 aromatic heterocycles. The number of rotatable bonds is 5. The Morgan fingerprint density at radius 2 is 1.90 bits per heavy atom. The number of benzene rings is 1. The van der Waals surface area contributed by atoms with Gasteiger partial charge in [0.2, 0.25) is 0 Å². The van der Waals surface area contributed by atoms with Crippen LogP contribution in [-0.2, 0) is 6.54 Å². The molecule has 2 rings (SSSR count). The van der Waals surface area contributed by atoms with Crippen LogP contribution in [0.2, 0.25) is 0 Å². The molecular weight excluding hydrogens is 272 g/mol. The van der Waals surface area contributed by atoms with Crippen molar-refractivity contribution in [3.05, 3.63) is 52.3 Å². The highest BCUT2D eigenvalue weighted by molar-refractivity contribution is 5.33. The Morgan fingerprint density at radius 3 is 2.52 bits per heavy atom. The Bertz CT molecular complexity index is 635. The minimum absolute atomic E-state index is 0.312. The summed E-state index contributed by atoms with van der Waals surface area (Å²) in [5, 5.41) is 7.61. The summed E-state index contributed by atoms with van der Waals surface area (Å²) in [6.07, 6.45) is 0. The number of nitrogens with one attached hydrogen (secondary N) is 1.